The number of hydrogen-bond acceptors (Lipinski definition) is 4. The molecule has 1 atom stereocenters. The number of ether oxygens (including phenoxy) is 1. The number of hydrogen-bond donors (Lipinski definition) is 1. The first-order chi connectivity index (χ1) is 11.0. The topological polar surface area (TPSA) is 70.1 Å². The van der Waals surface area contributed by atoms with E-state index >= 15 is 0 Å². The Morgan fingerprint density at radius 3 is 2.30 bits per heavy atom. The molecule has 1 aliphatic heterocycles. The number of carbonyl (C=O) groups is 2. The third-order valence-corrected chi connectivity index (χ3v) is 4.27. The van der Waals surface area contributed by atoms with Gasteiger partial charge in [-0.2, -0.15) is 0 Å². The van der Waals surface area contributed by atoms with Gasteiger partial charge < -0.3 is 19.6 Å². The van der Waals surface area contributed by atoms with Crippen LogP contribution in [0, 0.1) is 5.92 Å². The SMILES string of the molecule is COc1ccc(C[C@H](CC(=O)N2CCN(C)CC2)C(=O)O)cc1. The van der Waals surface area contributed by atoms with Crippen molar-refractivity contribution >= 4 is 11.9 Å². The van der Waals surface area contributed by atoms with Crippen LogP contribution in [0.15, 0.2) is 24.3 Å². The molecular weight excluding hydrogens is 296 g/mol. The third kappa shape index (κ3) is 4.96. The molecule has 1 amide bonds. The van der Waals surface area contributed by atoms with E-state index in [1.165, 1.54) is 0 Å². The van der Waals surface area contributed by atoms with Crippen molar-refractivity contribution < 1.29 is 19.4 Å². The van der Waals surface area contributed by atoms with Gasteiger partial charge in [0.05, 0.1) is 13.0 Å². The van der Waals surface area contributed by atoms with Crippen molar-refractivity contribution in [3.05, 3.63) is 29.8 Å². The van der Waals surface area contributed by atoms with Gasteiger partial charge in [0.1, 0.15) is 5.75 Å². The summed E-state index contributed by atoms with van der Waals surface area (Å²) in [6, 6.07) is 7.29. The minimum Gasteiger partial charge on any atom is -0.497 e. The molecule has 0 bridgehead atoms. The fourth-order valence-electron chi connectivity index (χ4n) is 2.69. The van der Waals surface area contributed by atoms with E-state index in [4.69, 9.17) is 4.74 Å². The van der Waals surface area contributed by atoms with Crippen molar-refractivity contribution in [2.75, 3.05) is 40.3 Å². The molecule has 0 unspecified atom stereocenters. The minimum atomic E-state index is -0.928. The molecule has 0 aromatic heterocycles. The molecule has 1 fully saturated rings. The molecule has 126 valence electrons. The summed E-state index contributed by atoms with van der Waals surface area (Å²) in [4.78, 5) is 27.8. The van der Waals surface area contributed by atoms with E-state index in [1.54, 1.807) is 24.1 Å². The zero-order valence-corrected chi connectivity index (χ0v) is 13.7. The summed E-state index contributed by atoms with van der Waals surface area (Å²) in [6.07, 6.45) is 0.393. The van der Waals surface area contributed by atoms with Crippen LogP contribution in [0.4, 0.5) is 0 Å². The predicted molar refractivity (Wildman–Crippen MR) is 86.5 cm³/mol. The lowest BCUT2D eigenvalue weighted by molar-refractivity contribution is -0.146. The first-order valence-corrected chi connectivity index (χ1v) is 7.81. The van der Waals surface area contributed by atoms with Crippen LogP contribution < -0.4 is 4.74 Å². The van der Waals surface area contributed by atoms with Gasteiger partial charge in [0, 0.05) is 32.6 Å². The number of rotatable bonds is 6. The summed E-state index contributed by atoms with van der Waals surface area (Å²) in [5, 5.41) is 9.42. The summed E-state index contributed by atoms with van der Waals surface area (Å²) in [7, 11) is 3.61. The molecule has 1 heterocycles. The fraction of sp³-hybridized carbons (Fsp3) is 0.529. The Labute approximate surface area is 136 Å². The van der Waals surface area contributed by atoms with Crippen LogP contribution in [0.3, 0.4) is 0 Å². The monoisotopic (exact) mass is 320 g/mol. The maximum absolute atomic E-state index is 12.3. The Bertz CT molecular complexity index is 536. The van der Waals surface area contributed by atoms with Crippen molar-refractivity contribution in [1.29, 1.82) is 0 Å². The standard InChI is InChI=1S/C17H24N2O4/c1-18-7-9-19(10-8-18)16(20)12-14(17(21)22)11-13-3-5-15(23-2)6-4-13/h3-6,14H,7-12H2,1-2H3,(H,21,22)/t14-/m1/s1. The average Bonchev–Trinajstić information content (AvgIpc) is 2.55. The first-order valence-electron chi connectivity index (χ1n) is 7.81. The number of carbonyl (C=O) groups excluding carboxylic acids is 1. The number of aliphatic carboxylic acids is 1. The molecule has 0 radical (unpaired) electrons. The van der Waals surface area contributed by atoms with Crippen LogP contribution in [0.1, 0.15) is 12.0 Å². The largest absolute Gasteiger partial charge is 0.497 e. The maximum atomic E-state index is 12.3. The lowest BCUT2D eigenvalue weighted by Crippen LogP contribution is -2.47. The number of methoxy groups -OCH3 is 1. The third-order valence-electron chi connectivity index (χ3n) is 4.27. The second-order valence-electron chi connectivity index (χ2n) is 5.98. The summed E-state index contributed by atoms with van der Waals surface area (Å²) < 4.78 is 5.09. The summed E-state index contributed by atoms with van der Waals surface area (Å²) >= 11 is 0. The summed E-state index contributed by atoms with van der Waals surface area (Å²) in [6.45, 7) is 3.01. The van der Waals surface area contributed by atoms with E-state index in [2.05, 4.69) is 4.90 Å². The van der Waals surface area contributed by atoms with Gasteiger partial charge in [-0.05, 0) is 31.2 Å². The van der Waals surface area contributed by atoms with Gasteiger partial charge in [0.2, 0.25) is 5.91 Å². The van der Waals surface area contributed by atoms with Crippen LogP contribution in [-0.4, -0.2) is 67.1 Å². The van der Waals surface area contributed by atoms with Crippen molar-refractivity contribution in [2.24, 2.45) is 5.92 Å². The highest BCUT2D eigenvalue weighted by Gasteiger charge is 2.26. The molecule has 0 saturated carbocycles. The zero-order chi connectivity index (χ0) is 16.8. The first kappa shape index (κ1) is 17.3. The van der Waals surface area contributed by atoms with E-state index in [0.29, 0.717) is 19.5 Å². The molecule has 0 aliphatic carbocycles. The molecule has 1 saturated heterocycles. The van der Waals surface area contributed by atoms with Crippen molar-refractivity contribution in [3.63, 3.8) is 0 Å². The minimum absolute atomic E-state index is 0.0467. The van der Waals surface area contributed by atoms with E-state index in [-0.39, 0.29) is 12.3 Å². The van der Waals surface area contributed by atoms with Gasteiger partial charge in [0.15, 0.2) is 0 Å². The molecule has 6 nitrogen and oxygen atoms in total. The van der Waals surface area contributed by atoms with Gasteiger partial charge in [0.25, 0.3) is 0 Å². The fourth-order valence-corrected chi connectivity index (χ4v) is 2.69. The molecule has 23 heavy (non-hydrogen) atoms. The molecule has 1 aromatic carbocycles. The van der Waals surface area contributed by atoms with Crippen LogP contribution in [0.2, 0.25) is 0 Å². The maximum Gasteiger partial charge on any atom is 0.307 e. The number of benzene rings is 1. The molecule has 1 N–H and O–H groups in total. The second-order valence-corrected chi connectivity index (χ2v) is 5.98. The molecule has 2 rings (SSSR count). The number of carboxylic acids is 1. The summed E-state index contributed by atoms with van der Waals surface area (Å²) in [5.74, 6) is -0.966. The predicted octanol–water partition coefficient (Wildman–Crippen LogP) is 1.10. The molecule has 1 aromatic rings. The van der Waals surface area contributed by atoms with Gasteiger partial charge >= 0.3 is 5.97 Å². The number of nitrogens with zero attached hydrogens (tertiary/aromatic N) is 2. The van der Waals surface area contributed by atoms with Crippen molar-refractivity contribution in [2.45, 2.75) is 12.8 Å². The van der Waals surface area contributed by atoms with Crippen molar-refractivity contribution in [1.82, 2.24) is 9.80 Å². The Morgan fingerprint density at radius 2 is 1.78 bits per heavy atom. The molecule has 1 aliphatic rings. The van der Waals surface area contributed by atoms with Gasteiger partial charge in [-0.25, -0.2) is 0 Å². The lowest BCUT2D eigenvalue weighted by atomic mass is 9.95. The van der Waals surface area contributed by atoms with E-state index in [0.717, 1.165) is 24.4 Å². The molecule has 6 heteroatoms. The number of amides is 1. The highest BCUT2D eigenvalue weighted by atomic mass is 16.5. The Balaban J connectivity index is 1.95. The average molecular weight is 320 g/mol. The van der Waals surface area contributed by atoms with Crippen LogP contribution >= 0.6 is 0 Å². The lowest BCUT2D eigenvalue weighted by Gasteiger charge is -2.33. The van der Waals surface area contributed by atoms with Gasteiger partial charge in [-0.15, -0.1) is 0 Å². The molecular formula is C17H24N2O4. The van der Waals surface area contributed by atoms with Gasteiger partial charge in [-0.3, -0.25) is 9.59 Å². The van der Waals surface area contributed by atoms with E-state index in [1.807, 2.05) is 19.2 Å². The highest BCUT2D eigenvalue weighted by molar-refractivity contribution is 5.82. The smallest absolute Gasteiger partial charge is 0.307 e. The second kappa shape index (κ2) is 7.97. The number of likely N-dealkylation sites (N-methyl/N-ethyl adjacent to an activating group) is 1. The van der Waals surface area contributed by atoms with Crippen LogP contribution in [0.25, 0.3) is 0 Å². The Hall–Kier alpha value is -2.08. The van der Waals surface area contributed by atoms with Crippen molar-refractivity contribution in [3.8, 4) is 5.75 Å². The van der Waals surface area contributed by atoms with Crippen LogP contribution in [0.5, 0.6) is 5.75 Å². The van der Waals surface area contributed by atoms with E-state index in [9.17, 15) is 14.7 Å². The Morgan fingerprint density at radius 1 is 1.17 bits per heavy atom. The van der Waals surface area contributed by atoms with Crippen LogP contribution in [-0.2, 0) is 16.0 Å². The zero-order valence-electron chi connectivity index (χ0n) is 13.7. The summed E-state index contributed by atoms with van der Waals surface area (Å²) in [5.41, 5.74) is 0.893. The highest BCUT2D eigenvalue weighted by Crippen LogP contribution is 2.18. The number of carboxylic acid groups (broad SMARTS) is 1. The molecule has 0 spiro atoms. The van der Waals surface area contributed by atoms with E-state index < -0.39 is 11.9 Å². The Kier molecular flexibility index (Phi) is 5.98. The quantitative estimate of drug-likeness (QED) is 0.850. The number of piperazine rings is 1. The van der Waals surface area contributed by atoms with Gasteiger partial charge in [-0.1, -0.05) is 12.1 Å². The normalized spacial score (nSPS) is 16.9.